The van der Waals surface area contributed by atoms with Crippen molar-refractivity contribution < 1.29 is 0 Å². The number of benzene rings is 1. The van der Waals surface area contributed by atoms with Crippen LogP contribution < -0.4 is 5.73 Å². The molecule has 0 aliphatic rings. The summed E-state index contributed by atoms with van der Waals surface area (Å²) in [6, 6.07) is 10.3. The molecule has 0 aliphatic heterocycles. The van der Waals surface area contributed by atoms with Crippen LogP contribution in [0.15, 0.2) is 30.3 Å². The van der Waals surface area contributed by atoms with Gasteiger partial charge in [0, 0.05) is 0 Å². The maximum atomic E-state index is 5.45. The van der Waals surface area contributed by atoms with Crippen molar-refractivity contribution >= 4 is 0 Å². The molecule has 0 bridgehead atoms. The van der Waals surface area contributed by atoms with Gasteiger partial charge in [-0.1, -0.05) is 113 Å². The van der Waals surface area contributed by atoms with Gasteiger partial charge >= 0.3 is 0 Å². The van der Waals surface area contributed by atoms with Gasteiger partial charge in [-0.3, -0.25) is 0 Å². The van der Waals surface area contributed by atoms with Crippen LogP contribution in [0.5, 0.6) is 0 Å². The zero-order chi connectivity index (χ0) is 16.3. The van der Waals surface area contributed by atoms with Crippen molar-refractivity contribution in [1.82, 2.24) is 0 Å². The van der Waals surface area contributed by atoms with Crippen LogP contribution in [-0.4, -0.2) is 6.54 Å². The molecule has 0 spiro atoms. The van der Waals surface area contributed by atoms with E-state index in [0.29, 0.717) is 0 Å². The monoisotopic (exact) mass is 305 g/mol. The van der Waals surface area contributed by atoms with Gasteiger partial charge in [0.15, 0.2) is 0 Å². The van der Waals surface area contributed by atoms with Gasteiger partial charge in [-0.05, 0) is 19.9 Å². The van der Waals surface area contributed by atoms with Crippen LogP contribution in [0.3, 0.4) is 0 Å². The fourth-order valence-electron chi connectivity index (χ4n) is 2.52. The zero-order valence-corrected chi connectivity index (χ0v) is 15.2. The van der Waals surface area contributed by atoms with Gasteiger partial charge in [-0.25, -0.2) is 0 Å². The van der Waals surface area contributed by atoms with E-state index in [-0.39, 0.29) is 0 Å². The molecular formula is C21H39N. The van der Waals surface area contributed by atoms with Gasteiger partial charge in [0.2, 0.25) is 0 Å². The summed E-state index contributed by atoms with van der Waals surface area (Å²) in [5.41, 5.74) is 6.77. The predicted octanol–water partition coefficient (Wildman–Crippen LogP) is 6.64. The van der Waals surface area contributed by atoms with Crippen LogP contribution >= 0.6 is 0 Å². The maximum Gasteiger partial charge on any atom is -0.00773 e. The molecule has 1 heteroatoms. The van der Waals surface area contributed by atoms with Gasteiger partial charge < -0.3 is 5.73 Å². The van der Waals surface area contributed by atoms with Gasteiger partial charge in [0.05, 0.1) is 0 Å². The van der Waals surface area contributed by atoms with Crippen LogP contribution in [0.1, 0.15) is 89.5 Å². The number of aryl methyl sites for hydroxylation is 1. The topological polar surface area (TPSA) is 26.0 Å². The van der Waals surface area contributed by atoms with E-state index in [1.54, 1.807) is 0 Å². The number of unbranched alkanes of at least 4 members (excludes halogenated alkanes) is 11. The third kappa shape index (κ3) is 17.2. The van der Waals surface area contributed by atoms with Crippen molar-refractivity contribution in [3.8, 4) is 0 Å². The molecule has 0 aliphatic carbocycles. The predicted molar refractivity (Wildman–Crippen MR) is 101 cm³/mol. The number of rotatable bonds is 12. The molecule has 0 atom stereocenters. The second-order valence-electron chi connectivity index (χ2n) is 6.33. The second-order valence-corrected chi connectivity index (χ2v) is 6.33. The summed E-state index contributed by atoms with van der Waals surface area (Å²) in [7, 11) is 0. The summed E-state index contributed by atoms with van der Waals surface area (Å²) in [4.78, 5) is 0. The Kier molecular flexibility index (Phi) is 17.6. The lowest BCUT2D eigenvalue weighted by Gasteiger charge is -2.01. The molecule has 2 N–H and O–H groups in total. The molecule has 22 heavy (non-hydrogen) atoms. The molecule has 1 nitrogen and oxygen atoms in total. The van der Waals surface area contributed by atoms with Crippen LogP contribution in [0.25, 0.3) is 0 Å². The molecule has 0 fully saturated rings. The van der Waals surface area contributed by atoms with Gasteiger partial charge in [0.1, 0.15) is 0 Å². The van der Waals surface area contributed by atoms with E-state index in [0.717, 1.165) is 6.54 Å². The Bertz CT molecular complexity index is 282. The smallest absolute Gasteiger partial charge is 0.00773 e. The van der Waals surface area contributed by atoms with E-state index in [1.807, 2.05) is 18.2 Å². The third-order valence-electron chi connectivity index (χ3n) is 4.00. The summed E-state index contributed by atoms with van der Waals surface area (Å²) in [5, 5.41) is 0. The van der Waals surface area contributed by atoms with E-state index < -0.39 is 0 Å². The first-order valence-corrected chi connectivity index (χ1v) is 9.53. The summed E-state index contributed by atoms with van der Waals surface area (Å²) < 4.78 is 0. The number of hydrogen-bond acceptors (Lipinski definition) is 1. The molecule has 1 aromatic carbocycles. The van der Waals surface area contributed by atoms with Crippen LogP contribution in [-0.2, 0) is 0 Å². The summed E-state index contributed by atoms with van der Waals surface area (Å²) in [6.07, 6.45) is 16.9. The van der Waals surface area contributed by atoms with Crippen molar-refractivity contribution in [3.05, 3.63) is 35.9 Å². The molecule has 0 unspecified atom stereocenters. The minimum Gasteiger partial charge on any atom is -0.330 e. The number of nitrogens with two attached hydrogens (primary N) is 1. The molecule has 1 rings (SSSR count). The van der Waals surface area contributed by atoms with Crippen LogP contribution in [0, 0.1) is 6.92 Å². The molecule has 0 amide bonds. The molecule has 128 valence electrons. The van der Waals surface area contributed by atoms with E-state index in [1.165, 1.54) is 82.6 Å². The highest BCUT2D eigenvalue weighted by atomic mass is 14.5. The van der Waals surface area contributed by atoms with E-state index in [9.17, 15) is 0 Å². The highest BCUT2D eigenvalue weighted by Crippen LogP contribution is 2.11. The maximum absolute atomic E-state index is 5.45. The van der Waals surface area contributed by atoms with Gasteiger partial charge in [-0.15, -0.1) is 0 Å². The van der Waals surface area contributed by atoms with Crippen LogP contribution in [0.2, 0.25) is 0 Å². The largest absolute Gasteiger partial charge is 0.330 e. The minimum absolute atomic E-state index is 0.872. The summed E-state index contributed by atoms with van der Waals surface area (Å²) in [5.74, 6) is 0. The van der Waals surface area contributed by atoms with E-state index in [4.69, 9.17) is 5.73 Å². The lowest BCUT2D eigenvalue weighted by atomic mass is 10.1. The second kappa shape index (κ2) is 18.2. The molecule has 0 radical (unpaired) electrons. The highest BCUT2D eigenvalue weighted by Gasteiger charge is 1.92. The summed E-state index contributed by atoms with van der Waals surface area (Å²) in [6.45, 7) is 5.23. The first-order chi connectivity index (χ1) is 10.8. The Balaban J connectivity index is 0.000000518. The Labute approximate surface area is 139 Å². The Hall–Kier alpha value is -0.820. The Morgan fingerprint density at radius 2 is 1.05 bits per heavy atom. The van der Waals surface area contributed by atoms with Crippen molar-refractivity contribution in [1.29, 1.82) is 0 Å². The minimum atomic E-state index is 0.872. The zero-order valence-electron chi connectivity index (χ0n) is 15.2. The third-order valence-corrected chi connectivity index (χ3v) is 4.00. The van der Waals surface area contributed by atoms with Gasteiger partial charge in [0.25, 0.3) is 0 Å². The summed E-state index contributed by atoms with van der Waals surface area (Å²) >= 11 is 0. The van der Waals surface area contributed by atoms with Crippen molar-refractivity contribution in [2.75, 3.05) is 6.54 Å². The fraction of sp³-hybridized carbons (Fsp3) is 0.714. The van der Waals surface area contributed by atoms with Gasteiger partial charge in [-0.2, -0.15) is 0 Å². The SMILES string of the molecule is CCCCCCCCCCCCCCN.Cc1ccccc1. The average molecular weight is 306 g/mol. The molecule has 0 saturated carbocycles. The lowest BCUT2D eigenvalue weighted by Crippen LogP contribution is -1.97. The fourth-order valence-corrected chi connectivity index (χ4v) is 2.52. The Morgan fingerprint density at radius 3 is 1.36 bits per heavy atom. The van der Waals surface area contributed by atoms with Crippen molar-refractivity contribution in [2.24, 2.45) is 5.73 Å². The standard InChI is InChI=1S/C14H31N.C7H8/c1-2-3-4-5-6-7-8-9-10-11-12-13-14-15;1-7-5-3-2-4-6-7/h2-15H2,1H3;2-6H,1H3. The average Bonchev–Trinajstić information content (AvgIpc) is 2.54. The quantitative estimate of drug-likeness (QED) is 0.430. The van der Waals surface area contributed by atoms with Crippen molar-refractivity contribution in [2.45, 2.75) is 90.9 Å². The molecular weight excluding hydrogens is 266 g/mol. The Morgan fingerprint density at radius 1 is 0.636 bits per heavy atom. The van der Waals surface area contributed by atoms with Crippen LogP contribution in [0.4, 0.5) is 0 Å². The van der Waals surface area contributed by atoms with Crippen molar-refractivity contribution in [3.63, 3.8) is 0 Å². The first kappa shape index (κ1) is 21.2. The van der Waals surface area contributed by atoms with E-state index >= 15 is 0 Å². The van der Waals surface area contributed by atoms with E-state index in [2.05, 4.69) is 26.0 Å². The molecule has 0 heterocycles. The number of hydrogen-bond donors (Lipinski definition) is 1. The normalized spacial score (nSPS) is 10.1. The lowest BCUT2D eigenvalue weighted by molar-refractivity contribution is 0.545. The highest BCUT2D eigenvalue weighted by molar-refractivity contribution is 5.11. The first-order valence-electron chi connectivity index (χ1n) is 9.53. The molecule has 1 aromatic rings. The molecule has 0 aromatic heterocycles. The molecule has 0 saturated heterocycles.